The summed E-state index contributed by atoms with van der Waals surface area (Å²) in [6, 6.07) is 9.99. The van der Waals surface area contributed by atoms with E-state index in [0.717, 1.165) is 24.1 Å². The van der Waals surface area contributed by atoms with Crippen LogP contribution in [-0.2, 0) is 16.0 Å². The highest BCUT2D eigenvalue weighted by Gasteiger charge is 2.12. The zero-order valence-electron chi connectivity index (χ0n) is 16.5. The van der Waals surface area contributed by atoms with Gasteiger partial charge in [-0.15, -0.1) is 0 Å². The quantitative estimate of drug-likeness (QED) is 0.429. The van der Waals surface area contributed by atoms with E-state index in [-0.39, 0.29) is 31.6 Å². The molecule has 30 heavy (non-hydrogen) atoms. The van der Waals surface area contributed by atoms with E-state index in [1.54, 1.807) is 12.1 Å². The molecule has 0 saturated heterocycles. The van der Waals surface area contributed by atoms with E-state index >= 15 is 0 Å². The van der Waals surface area contributed by atoms with Crippen LogP contribution in [0.15, 0.2) is 42.5 Å². The normalized spacial score (nSPS) is 10.2. The number of carbonyl (C=O) groups excluding carboxylic acids is 3. The number of para-hydroxylation sites is 1. The molecule has 9 heteroatoms. The monoisotopic (exact) mass is 419 g/mol. The predicted molar refractivity (Wildman–Crippen MR) is 106 cm³/mol. The summed E-state index contributed by atoms with van der Waals surface area (Å²) in [4.78, 5) is 35.4. The molecule has 2 rings (SSSR count). The molecule has 7 nitrogen and oxygen atoms in total. The zero-order chi connectivity index (χ0) is 21.9. The van der Waals surface area contributed by atoms with Gasteiger partial charge in [-0.1, -0.05) is 25.1 Å². The first kappa shape index (κ1) is 22.8. The molecule has 0 atom stereocenters. The summed E-state index contributed by atoms with van der Waals surface area (Å²) in [7, 11) is 0. The number of hydrogen-bond acceptors (Lipinski definition) is 4. The van der Waals surface area contributed by atoms with Gasteiger partial charge in [0.25, 0.3) is 11.8 Å². The molecule has 3 amide bonds. The largest absolute Gasteiger partial charge is 0.483 e. The molecule has 0 aliphatic carbocycles. The molecule has 0 aliphatic rings. The van der Waals surface area contributed by atoms with Crippen molar-refractivity contribution in [2.45, 2.75) is 26.2 Å². The second-order valence-corrected chi connectivity index (χ2v) is 6.33. The van der Waals surface area contributed by atoms with E-state index in [2.05, 4.69) is 16.2 Å². The zero-order valence-corrected chi connectivity index (χ0v) is 16.5. The Balaban J connectivity index is 1.62. The van der Waals surface area contributed by atoms with Crippen LogP contribution in [0, 0.1) is 11.6 Å². The third-order valence-electron chi connectivity index (χ3n) is 4.10. The van der Waals surface area contributed by atoms with Crippen molar-refractivity contribution in [3.8, 4) is 5.75 Å². The average molecular weight is 419 g/mol. The van der Waals surface area contributed by atoms with Crippen molar-refractivity contribution in [2.24, 2.45) is 0 Å². The highest BCUT2D eigenvalue weighted by molar-refractivity contribution is 5.94. The van der Waals surface area contributed by atoms with Crippen LogP contribution in [0.1, 0.15) is 35.7 Å². The number of amides is 3. The number of carbonyl (C=O) groups is 3. The van der Waals surface area contributed by atoms with Gasteiger partial charge in [-0.05, 0) is 36.6 Å². The summed E-state index contributed by atoms with van der Waals surface area (Å²) >= 11 is 0. The Morgan fingerprint density at radius 2 is 1.73 bits per heavy atom. The Labute approximate surface area is 172 Å². The molecular formula is C21H23F2N3O4. The molecule has 0 saturated carbocycles. The minimum Gasteiger partial charge on any atom is -0.483 e. The van der Waals surface area contributed by atoms with Gasteiger partial charge < -0.3 is 10.1 Å². The standard InChI is InChI=1S/C21H23F2N3O4/c1-2-14-6-3-4-7-18(14)30-13-20(28)26-25-19(27)8-5-11-24-21(29)16-10-9-15(22)12-17(16)23/h3-4,6-7,9-10,12H,2,5,8,11,13H2,1H3,(H,24,29)(H,25,27)(H,26,28). The molecule has 0 fully saturated rings. The van der Waals surface area contributed by atoms with Gasteiger partial charge in [0.2, 0.25) is 5.91 Å². The van der Waals surface area contributed by atoms with Crippen molar-refractivity contribution in [2.75, 3.05) is 13.2 Å². The first-order chi connectivity index (χ1) is 14.4. The summed E-state index contributed by atoms with van der Waals surface area (Å²) in [6.07, 6.45) is 1.04. The number of hydrazine groups is 1. The van der Waals surface area contributed by atoms with Crippen LogP contribution in [0.3, 0.4) is 0 Å². The van der Waals surface area contributed by atoms with E-state index < -0.39 is 29.4 Å². The van der Waals surface area contributed by atoms with Gasteiger partial charge in [-0.25, -0.2) is 8.78 Å². The van der Waals surface area contributed by atoms with Crippen molar-refractivity contribution in [1.82, 2.24) is 16.2 Å². The molecular weight excluding hydrogens is 396 g/mol. The lowest BCUT2D eigenvalue weighted by atomic mass is 10.1. The summed E-state index contributed by atoms with van der Waals surface area (Å²) in [5.41, 5.74) is 5.18. The second kappa shape index (κ2) is 11.5. The molecule has 0 spiro atoms. The Hall–Kier alpha value is -3.49. The number of aryl methyl sites for hydroxylation is 1. The van der Waals surface area contributed by atoms with Crippen LogP contribution in [0.4, 0.5) is 8.78 Å². The number of halogens is 2. The molecule has 0 unspecified atom stereocenters. The average Bonchev–Trinajstić information content (AvgIpc) is 2.73. The fourth-order valence-corrected chi connectivity index (χ4v) is 2.54. The minimum atomic E-state index is -0.961. The van der Waals surface area contributed by atoms with Gasteiger partial charge in [0.05, 0.1) is 5.56 Å². The molecule has 0 radical (unpaired) electrons. The SMILES string of the molecule is CCc1ccccc1OCC(=O)NNC(=O)CCCNC(=O)c1ccc(F)cc1F. The van der Waals surface area contributed by atoms with Crippen LogP contribution >= 0.6 is 0 Å². The molecule has 0 bridgehead atoms. The summed E-state index contributed by atoms with van der Waals surface area (Å²) in [6.45, 7) is 1.82. The van der Waals surface area contributed by atoms with Crippen molar-refractivity contribution >= 4 is 17.7 Å². The Morgan fingerprint density at radius 3 is 2.47 bits per heavy atom. The number of benzene rings is 2. The Kier molecular flexibility index (Phi) is 8.74. The number of ether oxygens (including phenoxy) is 1. The lowest BCUT2D eigenvalue weighted by Gasteiger charge is -2.11. The third kappa shape index (κ3) is 7.16. The van der Waals surface area contributed by atoms with Gasteiger partial charge in [0, 0.05) is 19.0 Å². The summed E-state index contributed by atoms with van der Waals surface area (Å²) in [5, 5.41) is 2.44. The van der Waals surface area contributed by atoms with Crippen molar-refractivity contribution in [1.29, 1.82) is 0 Å². The van der Waals surface area contributed by atoms with Crippen molar-refractivity contribution < 1.29 is 27.9 Å². The maximum Gasteiger partial charge on any atom is 0.276 e. The highest BCUT2D eigenvalue weighted by atomic mass is 19.1. The third-order valence-corrected chi connectivity index (χ3v) is 4.10. The number of nitrogens with one attached hydrogen (secondary N) is 3. The predicted octanol–water partition coefficient (Wildman–Crippen LogP) is 2.26. The van der Waals surface area contributed by atoms with E-state index in [4.69, 9.17) is 4.74 Å². The Morgan fingerprint density at radius 1 is 1.00 bits per heavy atom. The summed E-state index contributed by atoms with van der Waals surface area (Å²) in [5.74, 6) is -2.81. The number of rotatable bonds is 9. The summed E-state index contributed by atoms with van der Waals surface area (Å²) < 4.78 is 31.8. The van der Waals surface area contributed by atoms with Gasteiger partial charge in [-0.2, -0.15) is 0 Å². The Bertz CT molecular complexity index is 906. The minimum absolute atomic E-state index is 0.0198. The van der Waals surface area contributed by atoms with Crippen LogP contribution in [-0.4, -0.2) is 30.9 Å². The first-order valence-electron chi connectivity index (χ1n) is 9.42. The van der Waals surface area contributed by atoms with Gasteiger partial charge in [0.15, 0.2) is 6.61 Å². The lowest BCUT2D eigenvalue weighted by Crippen LogP contribution is -2.44. The molecule has 2 aromatic carbocycles. The molecule has 160 valence electrons. The van der Waals surface area contributed by atoms with Crippen molar-refractivity contribution in [3.63, 3.8) is 0 Å². The van der Waals surface area contributed by atoms with Crippen LogP contribution in [0.5, 0.6) is 5.75 Å². The highest BCUT2D eigenvalue weighted by Crippen LogP contribution is 2.17. The molecule has 0 aromatic heterocycles. The van der Waals surface area contributed by atoms with E-state index in [9.17, 15) is 23.2 Å². The number of hydrogen-bond donors (Lipinski definition) is 3. The van der Waals surface area contributed by atoms with Gasteiger partial charge in [-0.3, -0.25) is 25.2 Å². The lowest BCUT2D eigenvalue weighted by molar-refractivity contribution is -0.130. The van der Waals surface area contributed by atoms with Crippen LogP contribution in [0.2, 0.25) is 0 Å². The fourth-order valence-electron chi connectivity index (χ4n) is 2.54. The van der Waals surface area contributed by atoms with E-state index in [1.807, 2.05) is 19.1 Å². The maximum absolute atomic E-state index is 13.5. The topological polar surface area (TPSA) is 96.5 Å². The maximum atomic E-state index is 13.5. The van der Waals surface area contributed by atoms with E-state index in [0.29, 0.717) is 11.8 Å². The smallest absolute Gasteiger partial charge is 0.276 e. The molecule has 0 heterocycles. The second-order valence-electron chi connectivity index (χ2n) is 6.33. The molecule has 3 N–H and O–H groups in total. The first-order valence-corrected chi connectivity index (χ1v) is 9.42. The van der Waals surface area contributed by atoms with Gasteiger partial charge >= 0.3 is 0 Å². The molecule has 0 aliphatic heterocycles. The molecule has 2 aromatic rings. The van der Waals surface area contributed by atoms with Gasteiger partial charge in [0.1, 0.15) is 17.4 Å². The fraction of sp³-hybridized carbons (Fsp3) is 0.286. The van der Waals surface area contributed by atoms with Crippen molar-refractivity contribution in [3.05, 3.63) is 65.2 Å². The van der Waals surface area contributed by atoms with E-state index in [1.165, 1.54) is 0 Å². The van der Waals surface area contributed by atoms with Crippen LogP contribution < -0.4 is 20.9 Å². The van der Waals surface area contributed by atoms with Crippen LogP contribution in [0.25, 0.3) is 0 Å².